The molecule has 1 N–H and O–H groups in total. The first-order chi connectivity index (χ1) is 10.9. The van der Waals surface area contributed by atoms with Gasteiger partial charge in [0.1, 0.15) is 0 Å². The Morgan fingerprint density at radius 1 is 0.909 bits per heavy atom. The highest BCUT2D eigenvalue weighted by Gasteiger charge is 2.10. The number of hydrogen-bond donors (Lipinski definition) is 1. The van der Waals surface area contributed by atoms with Gasteiger partial charge in [0.05, 0.1) is 6.61 Å². The van der Waals surface area contributed by atoms with Crippen molar-refractivity contribution in [3.8, 4) is 17.4 Å². The van der Waals surface area contributed by atoms with Gasteiger partial charge < -0.3 is 14.8 Å². The van der Waals surface area contributed by atoms with Crippen molar-refractivity contribution < 1.29 is 9.47 Å². The van der Waals surface area contributed by atoms with E-state index in [0.717, 1.165) is 43.2 Å². The van der Waals surface area contributed by atoms with Crippen molar-refractivity contribution in [3.63, 3.8) is 0 Å². The van der Waals surface area contributed by atoms with Crippen molar-refractivity contribution >= 4 is 0 Å². The molecular weight excluding hydrogens is 276 g/mol. The highest BCUT2D eigenvalue weighted by Crippen LogP contribution is 2.32. The van der Waals surface area contributed by atoms with Crippen LogP contribution in [0.25, 0.3) is 0 Å². The quantitative estimate of drug-likeness (QED) is 0.800. The zero-order valence-electron chi connectivity index (χ0n) is 12.8. The number of nitrogens with one attached hydrogen (secondary N) is 1. The van der Waals surface area contributed by atoms with Crippen LogP contribution in [-0.4, -0.2) is 18.1 Å². The van der Waals surface area contributed by atoms with E-state index in [1.807, 2.05) is 36.4 Å². The molecule has 0 amide bonds. The first-order valence-corrected chi connectivity index (χ1v) is 7.98. The molecule has 0 atom stereocenters. The molecule has 0 radical (unpaired) electrons. The van der Waals surface area contributed by atoms with Gasteiger partial charge in [0, 0.05) is 18.3 Å². The number of fused-ring (bicyclic) bond motifs is 2. The fourth-order valence-corrected chi connectivity index (χ4v) is 2.52. The Balaban J connectivity index is 1.85. The first-order valence-electron chi connectivity index (χ1n) is 7.98. The molecule has 1 aromatic heterocycles. The van der Waals surface area contributed by atoms with Crippen molar-refractivity contribution in [3.05, 3.63) is 48.2 Å². The van der Waals surface area contributed by atoms with Crippen LogP contribution in [0, 0.1) is 0 Å². The summed E-state index contributed by atoms with van der Waals surface area (Å²) in [5.74, 6) is 2.15. The van der Waals surface area contributed by atoms with Crippen molar-refractivity contribution in [2.75, 3.05) is 13.2 Å². The van der Waals surface area contributed by atoms with Gasteiger partial charge in [0.2, 0.25) is 5.88 Å². The minimum Gasteiger partial charge on any atom is -0.490 e. The van der Waals surface area contributed by atoms with Gasteiger partial charge in [-0.1, -0.05) is 31.0 Å². The molecule has 0 bridgehead atoms. The number of para-hydroxylation sites is 2. The standard InChI is InChI=1S/C18H22N2O2/c1-2-6-13-21-16-9-3-4-10-17(16)22-18-15(8-7-12-20-18)14-19-11-5-1/h3-4,7-10,12,19H,1-2,5-6,11,13-14H2. The molecule has 0 spiro atoms. The number of hydrogen-bond acceptors (Lipinski definition) is 4. The van der Waals surface area contributed by atoms with Crippen LogP contribution in [-0.2, 0) is 6.54 Å². The fraction of sp³-hybridized carbons (Fsp3) is 0.389. The molecule has 3 rings (SSSR count). The SMILES string of the molecule is c1cnc2c(c1)CNCCCCCCOc1ccccc1O2. The topological polar surface area (TPSA) is 43.4 Å². The molecule has 1 aliphatic rings. The molecule has 1 aliphatic heterocycles. The maximum Gasteiger partial charge on any atom is 0.223 e. The minimum absolute atomic E-state index is 0.642. The van der Waals surface area contributed by atoms with E-state index in [-0.39, 0.29) is 0 Å². The van der Waals surface area contributed by atoms with E-state index in [1.54, 1.807) is 6.20 Å². The van der Waals surface area contributed by atoms with Gasteiger partial charge in [0.25, 0.3) is 0 Å². The number of nitrogens with zero attached hydrogens (tertiary/aromatic N) is 1. The van der Waals surface area contributed by atoms with Gasteiger partial charge in [0.15, 0.2) is 11.5 Å². The molecule has 2 aromatic rings. The lowest BCUT2D eigenvalue weighted by molar-refractivity contribution is 0.289. The summed E-state index contributed by atoms with van der Waals surface area (Å²) in [5, 5.41) is 3.47. The molecular formula is C18H22N2O2. The lowest BCUT2D eigenvalue weighted by Crippen LogP contribution is -2.15. The normalized spacial score (nSPS) is 16.4. The van der Waals surface area contributed by atoms with Gasteiger partial charge in [-0.3, -0.25) is 0 Å². The average molecular weight is 298 g/mol. The Bertz CT molecular complexity index is 550. The molecule has 4 nitrogen and oxygen atoms in total. The summed E-state index contributed by atoms with van der Waals surface area (Å²) in [7, 11) is 0. The van der Waals surface area contributed by atoms with Gasteiger partial charge >= 0.3 is 0 Å². The Morgan fingerprint density at radius 2 is 1.77 bits per heavy atom. The second-order valence-corrected chi connectivity index (χ2v) is 5.46. The molecule has 0 fully saturated rings. The molecule has 0 unspecified atom stereocenters. The summed E-state index contributed by atoms with van der Waals surface area (Å²) >= 11 is 0. The third-order valence-corrected chi connectivity index (χ3v) is 3.73. The lowest BCUT2D eigenvalue weighted by Gasteiger charge is -2.15. The highest BCUT2D eigenvalue weighted by molar-refractivity contribution is 5.42. The zero-order valence-corrected chi connectivity index (χ0v) is 12.8. The van der Waals surface area contributed by atoms with Crippen molar-refractivity contribution in [2.45, 2.75) is 32.2 Å². The Hall–Kier alpha value is -2.07. The second-order valence-electron chi connectivity index (χ2n) is 5.46. The molecule has 2 heterocycles. The van der Waals surface area contributed by atoms with Crippen LogP contribution in [0.15, 0.2) is 42.6 Å². The number of rotatable bonds is 0. The summed E-state index contributed by atoms with van der Waals surface area (Å²) < 4.78 is 11.9. The summed E-state index contributed by atoms with van der Waals surface area (Å²) in [6.07, 6.45) is 6.44. The van der Waals surface area contributed by atoms with E-state index in [0.29, 0.717) is 5.88 Å². The smallest absolute Gasteiger partial charge is 0.223 e. The molecule has 1 aromatic carbocycles. The number of ether oxygens (including phenoxy) is 2. The third-order valence-electron chi connectivity index (χ3n) is 3.73. The summed E-state index contributed by atoms with van der Waals surface area (Å²) in [5.41, 5.74) is 1.06. The lowest BCUT2D eigenvalue weighted by atomic mass is 10.2. The van der Waals surface area contributed by atoms with E-state index >= 15 is 0 Å². The molecule has 0 saturated carbocycles. The zero-order chi connectivity index (χ0) is 15.0. The van der Waals surface area contributed by atoms with Gasteiger partial charge in [-0.25, -0.2) is 4.98 Å². The fourth-order valence-electron chi connectivity index (χ4n) is 2.52. The minimum atomic E-state index is 0.642. The van der Waals surface area contributed by atoms with Crippen LogP contribution < -0.4 is 14.8 Å². The molecule has 0 saturated heterocycles. The molecule has 4 heteroatoms. The monoisotopic (exact) mass is 298 g/mol. The average Bonchev–Trinajstić information content (AvgIpc) is 2.55. The summed E-state index contributed by atoms with van der Waals surface area (Å²) in [4.78, 5) is 4.37. The summed E-state index contributed by atoms with van der Waals surface area (Å²) in [6.45, 7) is 2.51. The Labute approximate surface area is 131 Å². The molecule has 0 aliphatic carbocycles. The maximum absolute atomic E-state index is 6.01. The van der Waals surface area contributed by atoms with Crippen LogP contribution in [0.1, 0.15) is 31.2 Å². The van der Waals surface area contributed by atoms with Crippen LogP contribution in [0.2, 0.25) is 0 Å². The van der Waals surface area contributed by atoms with Crippen LogP contribution in [0.3, 0.4) is 0 Å². The largest absolute Gasteiger partial charge is 0.490 e. The number of pyridine rings is 1. The molecule has 22 heavy (non-hydrogen) atoms. The highest BCUT2D eigenvalue weighted by atomic mass is 16.5. The second kappa shape index (κ2) is 7.80. The predicted molar refractivity (Wildman–Crippen MR) is 86.4 cm³/mol. The third kappa shape index (κ3) is 3.98. The van der Waals surface area contributed by atoms with E-state index in [2.05, 4.69) is 10.3 Å². The number of aromatic nitrogens is 1. The maximum atomic E-state index is 6.01. The van der Waals surface area contributed by atoms with Crippen LogP contribution >= 0.6 is 0 Å². The predicted octanol–water partition coefficient (Wildman–Crippen LogP) is 3.92. The Morgan fingerprint density at radius 3 is 2.73 bits per heavy atom. The van der Waals surface area contributed by atoms with E-state index in [1.165, 1.54) is 19.3 Å². The first kappa shape index (κ1) is 14.9. The molecule has 116 valence electrons. The van der Waals surface area contributed by atoms with Crippen molar-refractivity contribution in [1.29, 1.82) is 0 Å². The van der Waals surface area contributed by atoms with Crippen molar-refractivity contribution in [2.24, 2.45) is 0 Å². The Kier molecular flexibility index (Phi) is 5.27. The van der Waals surface area contributed by atoms with E-state index < -0.39 is 0 Å². The van der Waals surface area contributed by atoms with E-state index in [9.17, 15) is 0 Å². The van der Waals surface area contributed by atoms with Gasteiger partial charge in [-0.2, -0.15) is 0 Å². The van der Waals surface area contributed by atoms with Gasteiger partial charge in [-0.05, 0) is 37.6 Å². The van der Waals surface area contributed by atoms with Gasteiger partial charge in [-0.15, -0.1) is 0 Å². The van der Waals surface area contributed by atoms with Crippen molar-refractivity contribution in [1.82, 2.24) is 10.3 Å². The number of benzene rings is 1. The van der Waals surface area contributed by atoms with E-state index in [4.69, 9.17) is 9.47 Å². The summed E-state index contributed by atoms with van der Waals surface area (Å²) in [6, 6.07) is 11.8. The van der Waals surface area contributed by atoms with Crippen LogP contribution in [0.5, 0.6) is 17.4 Å². The van der Waals surface area contributed by atoms with Crippen LogP contribution in [0.4, 0.5) is 0 Å².